The van der Waals surface area contributed by atoms with Crippen molar-refractivity contribution in [2.45, 2.75) is 19.4 Å². The Hall–Kier alpha value is -2.99. The van der Waals surface area contributed by atoms with Crippen molar-refractivity contribution in [3.8, 4) is 11.1 Å². The third-order valence-corrected chi connectivity index (χ3v) is 4.32. The molecule has 0 fully saturated rings. The van der Waals surface area contributed by atoms with Crippen LogP contribution in [0.4, 0.5) is 0 Å². The molecule has 134 valence electrons. The number of nitrogens with one attached hydrogen (secondary N) is 1. The number of amides is 1. The van der Waals surface area contributed by atoms with Crippen molar-refractivity contribution in [1.82, 2.24) is 20.1 Å². The van der Waals surface area contributed by atoms with Crippen LogP contribution in [0.3, 0.4) is 0 Å². The van der Waals surface area contributed by atoms with Gasteiger partial charge in [0.25, 0.3) is 5.91 Å². The van der Waals surface area contributed by atoms with Crippen molar-refractivity contribution in [2.24, 2.45) is 7.05 Å². The van der Waals surface area contributed by atoms with E-state index in [4.69, 9.17) is 5.11 Å². The fourth-order valence-electron chi connectivity index (χ4n) is 2.84. The topological polar surface area (TPSA) is 80.0 Å². The van der Waals surface area contributed by atoms with Gasteiger partial charge in [-0.15, -0.1) is 10.2 Å². The van der Waals surface area contributed by atoms with Crippen molar-refractivity contribution in [2.75, 3.05) is 6.61 Å². The van der Waals surface area contributed by atoms with Crippen molar-refractivity contribution < 1.29 is 9.90 Å². The van der Waals surface area contributed by atoms with Crippen LogP contribution in [0.1, 0.15) is 34.7 Å². The molecule has 0 saturated carbocycles. The lowest BCUT2D eigenvalue weighted by molar-refractivity contribution is 0.0938. The fourth-order valence-corrected chi connectivity index (χ4v) is 2.84. The molecule has 1 atom stereocenters. The van der Waals surface area contributed by atoms with Gasteiger partial charge in [0.05, 0.1) is 6.04 Å². The van der Waals surface area contributed by atoms with Gasteiger partial charge in [-0.1, -0.05) is 36.4 Å². The third kappa shape index (κ3) is 3.97. The number of nitrogens with zero attached hydrogens (tertiary/aromatic N) is 3. The first-order valence-corrected chi connectivity index (χ1v) is 8.53. The van der Waals surface area contributed by atoms with E-state index in [1.807, 2.05) is 62.5 Å². The maximum absolute atomic E-state index is 12.4. The summed E-state index contributed by atoms with van der Waals surface area (Å²) < 4.78 is 1.79. The van der Waals surface area contributed by atoms with Crippen molar-refractivity contribution in [3.05, 3.63) is 71.8 Å². The van der Waals surface area contributed by atoms with Crippen LogP contribution in [0.25, 0.3) is 11.1 Å². The minimum Gasteiger partial charge on any atom is -0.396 e. The van der Waals surface area contributed by atoms with E-state index < -0.39 is 0 Å². The molecular formula is C20H22N4O2. The van der Waals surface area contributed by atoms with Gasteiger partial charge in [-0.25, -0.2) is 0 Å². The second-order valence-electron chi connectivity index (χ2n) is 6.24. The summed E-state index contributed by atoms with van der Waals surface area (Å²) in [6.07, 6.45) is 2.27. The zero-order valence-electron chi connectivity index (χ0n) is 14.9. The molecule has 1 amide bonds. The van der Waals surface area contributed by atoms with E-state index in [1.54, 1.807) is 10.9 Å². The van der Waals surface area contributed by atoms with E-state index >= 15 is 0 Å². The highest BCUT2D eigenvalue weighted by Gasteiger charge is 2.15. The van der Waals surface area contributed by atoms with E-state index in [0.29, 0.717) is 17.8 Å². The number of benzene rings is 2. The third-order valence-electron chi connectivity index (χ3n) is 4.32. The minimum absolute atomic E-state index is 0.148. The molecular weight excluding hydrogens is 328 g/mol. The Kier molecular flexibility index (Phi) is 5.43. The Balaban J connectivity index is 1.68. The largest absolute Gasteiger partial charge is 0.396 e. The molecule has 0 aliphatic rings. The van der Waals surface area contributed by atoms with Gasteiger partial charge in [0, 0.05) is 19.2 Å². The predicted molar refractivity (Wildman–Crippen MR) is 99.6 cm³/mol. The van der Waals surface area contributed by atoms with Gasteiger partial charge in [-0.2, -0.15) is 0 Å². The van der Waals surface area contributed by atoms with Gasteiger partial charge in [-0.05, 0) is 42.2 Å². The van der Waals surface area contributed by atoms with Crippen LogP contribution in [-0.4, -0.2) is 32.4 Å². The number of rotatable bonds is 6. The lowest BCUT2D eigenvalue weighted by Crippen LogP contribution is -2.28. The molecule has 6 heteroatoms. The van der Waals surface area contributed by atoms with Crippen LogP contribution in [-0.2, 0) is 13.5 Å². The summed E-state index contributed by atoms with van der Waals surface area (Å²) in [7, 11) is 1.85. The summed E-state index contributed by atoms with van der Waals surface area (Å²) in [5, 5.41) is 19.8. The van der Waals surface area contributed by atoms with E-state index in [2.05, 4.69) is 15.5 Å². The number of aliphatic hydroxyl groups excluding tert-OH is 1. The normalized spacial score (nSPS) is 12.0. The van der Waals surface area contributed by atoms with Crippen LogP contribution < -0.4 is 5.32 Å². The Morgan fingerprint density at radius 2 is 1.73 bits per heavy atom. The van der Waals surface area contributed by atoms with Gasteiger partial charge in [0.15, 0.2) is 5.82 Å². The quantitative estimate of drug-likeness (QED) is 0.716. The second-order valence-corrected chi connectivity index (χ2v) is 6.24. The van der Waals surface area contributed by atoms with Crippen molar-refractivity contribution >= 4 is 5.91 Å². The Bertz CT molecular complexity index is 870. The first-order valence-electron chi connectivity index (χ1n) is 8.53. The van der Waals surface area contributed by atoms with E-state index in [9.17, 15) is 4.79 Å². The van der Waals surface area contributed by atoms with Gasteiger partial charge in [-0.3, -0.25) is 4.79 Å². The maximum atomic E-state index is 12.4. The van der Waals surface area contributed by atoms with Gasteiger partial charge in [0.2, 0.25) is 0 Å². The predicted octanol–water partition coefficient (Wildman–Crippen LogP) is 2.51. The molecule has 0 saturated heterocycles. The Morgan fingerprint density at radius 1 is 1.12 bits per heavy atom. The number of aliphatic hydroxyl groups is 1. The standard InChI is InChI=1S/C20H22N4O2/c1-14(19-23-21-13-24(19)2)22-20(26)18-9-7-17(8-10-18)16-5-3-15(4-6-16)11-12-25/h3-10,13-14,25H,11-12H2,1-2H3,(H,22,26)/t14-/m0/s1. The van der Waals surface area contributed by atoms with Crippen molar-refractivity contribution in [1.29, 1.82) is 0 Å². The lowest BCUT2D eigenvalue weighted by Gasteiger charge is -2.13. The Labute approximate surface area is 152 Å². The minimum atomic E-state index is -0.228. The molecule has 0 unspecified atom stereocenters. The van der Waals surface area contributed by atoms with Crippen LogP contribution in [0, 0.1) is 0 Å². The first kappa shape index (κ1) is 17.8. The van der Waals surface area contributed by atoms with Gasteiger partial charge < -0.3 is 15.0 Å². The molecule has 0 aliphatic heterocycles. The molecule has 0 aliphatic carbocycles. The van der Waals surface area contributed by atoms with E-state index in [-0.39, 0.29) is 18.6 Å². The molecule has 26 heavy (non-hydrogen) atoms. The smallest absolute Gasteiger partial charge is 0.251 e. The molecule has 0 spiro atoms. The first-order chi connectivity index (χ1) is 12.6. The van der Waals surface area contributed by atoms with Gasteiger partial charge in [0.1, 0.15) is 6.33 Å². The Morgan fingerprint density at radius 3 is 2.27 bits per heavy atom. The van der Waals surface area contributed by atoms with Gasteiger partial charge >= 0.3 is 0 Å². The molecule has 0 radical (unpaired) electrons. The number of carbonyl (C=O) groups is 1. The summed E-state index contributed by atoms with van der Waals surface area (Å²) in [5.41, 5.74) is 3.81. The second kappa shape index (κ2) is 7.93. The highest BCUT2D eigenvalue weighted by atomic mass is 16.3. The molecule has 6 nitrogen and oxygen atoms in total. The van der Waals surface area contributed by atoms with Crippen LogP contribution in [0.5, 0.6) is 0 Å². The van der Waals surface area contributed by atoms with Crippen LogP contribution in [0.2, 0.25) is 0 Å². The number of aryl methyl sites for hydroxylation is 1. The molecule has 1 heterocycles. The summed E-state index contributed by atoms with van der Waals surface area (Å²) in [6.45, 7) is 2.03. The summed E-state index contributed by atoms with van der Waals surface area (Å²) in [6, 6.07) is 15.3. The zero-order chi connectivity index (χ0) is 18.5. The maximum Gasteiger partial charge on any atom is 0.251 e. The zero-order valence-corrected chi connectivity index (χ0v) is 14.9. The highest BCUT2D eigenvalue weighted by molar-refractivity contribution is 5.94. The van der Waals surface area contributed by atoms with Crippen LogP contribution >= 0.6 is 0 Å². The molecule has 2 aromatic carbocycles. The summed E-state index contributed by atoms with van der Waals surface area (Å²) in [5.74, 6) is 0.559. The summed E-state index contributed by atoms with van der Waals surface area (Å²) >= 11 is 0. The highest BCUT2D eigenvalue weighted by Crippen LogP contribution is 2.21. The fraction of sp³-hybridized carbons (Fsp3) is 0.250. The van der Waals surface area contributed by atoms with E-state index in [1.165, 1.54) is 0 Å². The van der Waals surface area contributed by atoms with Crippen molar-refractivity contribution in [3.63, 3.8) is 0 Å². The average Bonchev–Trinajstić information content (AvgIpc) is 3.09. The number of carbonyl (C=O) groups excluding carboxylic acids is 1. The molecule has 1 aromatic heterocycles. The SMILES string of the molecule is C[C@H](NC(=O)c1ccc(-c2ccc(CCO)cc2)cc1)c1nncn1C. The molecule has 3 rings (SSSR count). The average molecular weight is 350 g/mol. The number of hydrogen-bond donors (Lipinski definition) is 2. The molecule has 0 bridgehead atoms. The lowest BCUT2D eigenvalue weighted by atomic mass is 10.0. The summed E-state index contributed by atoms with van der Waals surface area (Å²) in [4.78, 5) is 12.4. The number of aromatic nitrogens is 3. The molecule has 3 aromatic rings. The molecule has 2 N–H and O–H groups in total. The monoisotopic (exact) mass is 350 g/mol. The van der Waals surface area contributed by atoms with E-state index in [0.717, 1.165) is 16.7 Å². The van der Waals surface area contributed by atoms with Crippen LogP contribution in [0.15, 0.2) is 54.9 Å². The number of hydrogen-bond acceptors (Lipinski definition) is 4.